The van der Waals surface area contributed by atoms with E-state index in [1.807, 2.05) is 44.1 Å². The van der Waals surface area contributed by atoms with Crippen LogP contribution in [0.5, 0.6) is 11.5 Å². The first-order valence-electron chi connectivity index (χ1n) is 9.00. The summed E-state index contributed by atoms with van der Waals surface area (Å²) in [6.45, 7) is 2.76. The fourth-order valence-corrected chi connectivity index (χ4v) is 2.69. The Kier molecular flexibility index (Phi) is 5.98. The number of benzene rings is 2. The molecule has 27 heavy (non-hydrogen) atoms. The quantitative estimate of drug-likeness (QED) is 0.569. The van der Waals surface area contributed by atoms with E-state index in [0.717, 1.165) is 13.1 Å². The Bertz CT molecular complexity index is 979. The number of fused-ring (bicyclic) bond motifs is 2. The highest BCUT2D eigenvalue weighted by Crippen LogP contribution is 2.25. The molecule has 0 saturated heterocycles. The summed E-state index contributed by atoms with van der Waals surface area (Å²) in [6, 6.07) is 10.7. The molecular formula is C21H26N2O4. The van der Waals surface area contributed by atoms with Gasteiger partial charge in [-0.2, -0.15) is 0 Å². The van der Waals surface area contributed by atoms with Crippen molar-refractivity contribution in [3.05, 3.63) is 46.6 Å². The lowest BCUT2D eigenvalue weighted by molar-refractivity contribution is 0.261. The second-order valence-electron chi connectivity index (χ2n) is 7.05. The van der Waals surface area contributed by atoms with Crippen LogP contribution in [0.3, 0.4) is 0 Å². The van der Waals surface area contributed by atoms with Crippen LogP contribution in [0.25, 0.3) is 21.9 Å². The smallest absolute Gasteiger partial charge is 0.200 e. The fourth-order valence-electron chi connectivity index (χ4n) is 2.69. The molecule has 0 radical (unpaired) electrons. The monoisotopic (exact) mass is 370 g/mol. The lowest BCUT2D eigenvalue weighted by Gasteiger charge is -2.12. The number of hydrogen-bond acceptors (Lipinski definition) is 6. The Morgan fingerprint density at radius 3 is 2.00 bits per heavy atom. The first-order valence-corrected chi connectivity index (χ1v) is 9.00. The van der Waals surface area contributed by atoms with Crippen molar-refractivity contribution in [3.8, 4) is 11.5 Å². The number of hydrogen-bond donors (Lipinski definition) is 0. The third-order valence-electron chi connectivity index (χ3n) is 4.23. The van der Waals surface area contributed by atoms with Gasteiger partial charge in [-0.1, -0.05) is 0 Å². The Morgan fingerprint density at radius 2 is 1.37 bits per heavy atom. The van der Waals surface area contributed by atoms with E-state index in [1.165, 1.54) is 0 Å². The van der Waals surface area contributed by atoms with E-state index in [-0.39, 0.29) is 5.43 Å². The zero-order valence-corrected chi connectivity index (χ0v) is 16.3. The van der Waals surface area contributed by atoms with Gasteiger partial charge in [-0.05, 0) is 58.5 Å². The molecule has 1 aromatic heterocycles. The van der Waals surface area contributed by atoms with Crippen molar-refractivity contribution < 1.29 is 13.9 Å². The van der Waals surface area contributed by atoms with Crippen LogP contribution in [0.4, 0.5) is 0 Å². The number of ether oxygens (including phenoxy) is 2. The summed E-state index contributed by atoms with van der Waals surface area (Å²) in [5, 5.41) is 1.05. The van der Waals surface area contributed by atoms with Crippen molar-refractivity contribution in [2.75, 3.05) is 54.5 Å². The minimum absolute atomic E-state index is 0.0656. The first-order chi connectivity index (χ1) is 12.9. The average Bonchev–Trinajstić information content (AvgIpc) is 2.61. The van der Waals surface area contributed by atoms with Gasteiger partial charge in [0.2, 0.25) is 5.43 Å². The summed E-state index contributed by atoms with van der Waals surface area (Å²) in [6.07, 6.45) is 0. The molecule has 6 heteroatoms. The molecule has 2 aromatic carbocycles. The molecule has 0 unspecified atom stereocenters. The molecule has 6 nitrogen and oxygen atoms in total. The van der Waals surface area contributed by atoms with Crippen molar-refractivity contribution in [3.63, 3.8) is 0 Å². The maximum Gasteiger partial charge on any atom is 0.200 e. The number of rotatable bonds is 8. The molecule has 0 aliphatic heterocycles. The molecule has 3 rings (SSSR count). The highest BCUT2D eigenvalue weighted by atomic mass is 16.5. The lowest BCUT2D eigenvalue weighted by Crippen LogP contribution is -2.19. The van der Waals surface area contributed by atoms with Gasteiger partial charge in [0.25, 0.3) is 0 Å². The van der Waals surface area contributed by atoms with Gasteiger partial charge >= 0.3 is 0 Å². The van der Waals surface area contributed by atoms with Crippen LogP contribution < -0.4 is 14.9 Å². The zero-order chi connectivity index (χ0) is 19.4. The summed E-state index contributed by atoms with van der Waals surface area (Å²) < 4.78 is 17.4. The van der Waals surface area contributed by atoms with Crippen LogP contribution >= 0.6 is 0 Å². The topological polar surface area (TPSA) is 55.1 Å². The van der Waals surface area contributed by atoms with Crippen LogP contribution in [-0.2, 0) is 0 Å². The predicted molar refractivity (Wildman–Crippen MR) is 108 cm³/mol. The number of likely N-dealkylation sites (N-methyl/N-ethyl adjacent to an activating group) is 2. The molecule has 3 aromatic rings. The van der Waals surface area contributed by atoms with E-state index < -0.39 is 0 Å². The Labute approximate surface area is 158 Å². The van der Waals surface area contributed by atoms with Crippen molar-refractivity contribution in [2.45, 2.75) is 0 Å². The molecule has 0 atom stereocenters. The molecule has 0 aliphatic carbocycles. The van der Waals surface area contributed by atoms with Crippen molar-refractivity contribution >= 4 is 21.9 Å². The van der Waals surface area contributed by atoms with Gasteiger partial charge in [0.15, 0.2) is 0 Å². The SMILES string of the molecule is CN(C)CCOc1ccc2c(=O)c3cc(OCCN(C)C)ccc3oc2c1. The second kappa shape index (κ2) is 8.41. The molecule has 144 valence electrons. The summed E-state index contributed by atoms with van der Waals surface area (Å²) >= 11 is 0. The third-order valence-corrected chi connectivity index (χ3v) is 4.23. The summed E-state index contributed by atoms with van der Waals surface area (Å²) in [5.41, 5.74) is 0.998. The van der Waals surface area contributed by atoms with Crippen LogP contribution in [0.1, 0.15) is 0 Å². The van der Waals surface area contributed by atoms with Crippen molar-refractivity contribution in [1.82, 2.24) is 9.80 Å². The van der Waals surface area contributed by atoms with Gasteiger partial charge in [-0.15, -0.1) is 0 Å². The van der Waals surface area contributed by atoms with E-state index in [1.54, 1.807) is 30.3 Å². The highest BCUT2D eigenvalue weighted by Gasteiger charge is 2.10. The highest BCUT2D eigenvalue weighted by molar-refractivity contribution is 5.90. The normalized spacial score (nSPS) is 11.6. The predicted octanol–water partition coefficient (Wildman–Crippen LogP) is 2.83. The van der Waals surface area contributed by atoms with E-state index in [0.29, 0.717) is 46.7 Å². The molecule has 0 saturated carbocycles. The minimum Gasteiger partial charge on any atom is -0.492 e. The molecule has 1 heterocycles. The Balaban J connectivity index is 1.87. The van der Waals surface area contributed by atoms with Gasteiger partial charge in [-0.3, -0.25) is 4.79 Å². The van der Waals surface area contributed by atoms with Gasteiger partial charge in [-0.25, -0.2) is 0 Å². The molecule has 0 amide bonds. The van der Waals surface area contributed by atoms with E-state index >= 15 is 0 Å². The zero-order valence-electron chi connectivity index (χ0n) is 16.3. The van der Waals surface area contributed by atoms with Gasteiger partial charge in [0.05, 0.1) is 10.8 Å². The standard InChI is InChI=1S/C21H26N2O4/c1-22(2)9-11-25-15-6-8-19-18(13-15)21(24)17-7-5-16(14-20(17)27-19)26-12-10-23(3)4/h5-8,13-14H,9-12H2,1-4H3. The maximum atomic E-state index is 12.9. The van der Waals surface area contributed by atoms with E-state index in [9.17, 15) is 4.79 Å². The average molecular weight is 370 g/mol. The lowest BCUT2D eigenvalue weighted by atomic mass is 10.1. The van der Waals surface area contributed by atoms with Crippen molar-refractivity contribution in [2.24, 2.45) is 0 Å². The van der Waals surface area contributed by atoms with E-state index in [4.69, 9.17) is 13.9 Å². The molecule has 0 spiro atoms. The Morgan fingerprint density at radius 1 is 0.778 bits per heavy atom. The molecule has 0 aliphatic rings. The van der Waals surface area contributed by atoms with Crippen molar-refractivity contribution in [1.29, 1.82) is 0 Å². The summed E-state index contributed by atoms with van der Waals surface area (Å²) in [4.78, 5) is 17.0. The van der Waals surface area contributed by atoms with Gasteiger partial charge in [0, 0.05) is 19.2 Å². The summed E-state index contributed by atoms with van der Waals surface area (Å²) in [7, 11) is 7.97. The van der Waals surface area contributed by atoms with Crippen LogP contribution in [-0.4, -0.2) is 64.3 Å². The minimum atomic E-state index is -0.0656. The summed E-state index contributed by atoms with van der Waals surface area (Å²) in [5.74, 6) is 1.36. The largest absolute Gasteiger partial charge is 0.492 e. The number of nitrogens with zero attached hydrogens (tertiary/aromatic N) is 2. The fraction of sp³-hybridized carbons (Fsp3) is 0.381. The van der Waals surface area contributed by atoms with Crippen LogP contribution in [0, 0.1) is 0 Å². The molecule has 0 N–H and O–H groups in total. The van der Waals surface area contributed by atoms with Gasteiger partial charge < -0.3 is 23.7 Å². The second-order valence-corrected chi connectivity index (χ2v) is 7.05. The Hall–Kier alpha value is -2.57. The third kappa shape index (κ3) is 4.78. The van der Waals surface area contributed by atoms with Crippen LogP contribution in [0.2, 0.25) is 0 Å². The first kappa shape index (κ1) is 19.2. The molecular weight excluding hydrogens is 344 g/mol. The van der Waals surface area contributed by atoms with Crippen LogP contribution in [0.15, 0.2) is 45.6 Å². The molecule has 0 bridgehead atoms. The maximum absolute atomic E-state index is 12.9. The van der Waals surface area contributed by atoms with Gasteiger partial charge in [0.1, 0.15) is 35.9 Å². The molecule has 0 fully saturated rings. The van der Waals surface area contributed by atoms with E-state index in [2.05, 4.69) is 0 Å².